The van der Waals surface area contributed by atoms with Crippen LogP contribution in [0.1, 0.15) is 24.1 Å². The maximum Gasteiger partial charge on any atom is 0.236 e. The molecule has 6 nitrogen and oxygen atoms in total. The van der Waals surface area contributed by atoms with Gasteiger partial charge in [0.05, 0.1) is 13.7 Å². The summed E-state index contributed by atoms with van der Waals surface area (Å²) in [5, 5.41) is 1.24. The lowest BCUT2D eigenvalue weighted by Gasteiger charge is -2.36. The summed E-state index contributed by atoms with van der Waals surface area (Å²) in [5.41, 5.74) is 3.78. The Labute approximate surface area is 167 Å². The Morgan fingerprint density at radius 1 is 1.25 bits per heavy atom. The molecule has 28 heavy (non-hydrogen) atoms. The van der Waals surface area contributed by atoms with Crippen LogP contribution in [0.3, 0.4) is 0 Å². The van der Waals surface area contributed by atoms with Gasteiger partial charge in [-0.3, -0.25) is 14.6 Å². The maximum absolute atomic E-state index is 12.2. The maximum atomic E-state index is 12.2. The minimum Gasteiger partial charge on any atom is -0.497 e. The topological polar surface area (TPSA) is 51.8 Å². The first-order chi connectivity index (χ1) is 13.4. The van der Waals surface area contributed by atoms with Crippen molar-refractivity contribution >= 4 is 16.8 Å². The van der Waals surface area contributed by atoms with E-state index in [0.717, 1.165) is 31.9 Å². The Morgan fingerprint density at radius 2 is 2.07 bits per heavy atom. The van der Waals surface area contributed by atoms with Gasteiger partial charge in [-0.05, 0) is 49.4 Å². The van der Waals surface area contributed by atoms with Crippen LogP contribution in [0.5, 0.6) is 5.75 Å². The second-order valence-electron chi connectivity index (χ2n) is 8.65. The van der Waals surface area contributed by atoms with E-state index in [4.69, 9.17) is 4.74 Å². The first kappa shape index (κ1) is 19.3. The Morgan fingerprint density at radius 3 is 2.82 bits per heavy atom. The van der Waals surface area contributed by atoms with E-state index >= 15 is 0 Å². The van der Waals surface area contributed by atoms with Crippen molar-refractivity contribution in [2.45, 2.75) is 32.4 Å². The van der Waals surface area contributed by atoms with Crippen LogP contribution in [-0.2, 0) is 11.3 Å². The molecule has 0 radical (unpaired) electrons. The van der Waals surface area contributed by atoms with Crippen molar-refractivity contribution in [2.24, 2.45) is 5.92 Å². The van der Waals surface area contributed by atoms with Crippen LogP contribution in [0.2, 0.25) is 0 Å². The average Bonchev–Trinajstić information content (AvgIpc) is 2.81. The number of aryl methyl sites for hydroxylation is 1. The van der Waals surface area contributed by atoms with Crippen LogP contribution >= 0.6 is 0 Å². The fourth-order valence-electron chi connectivity index (χ4n) is 4.78. The summed E-state index contributed by atoms with van der Waals surface area (Å²) in [5.74, 6) is 1.75. The molecule has 2 atom stereocenters. The zero-order valence-corrected chi connectivity index (χ0v) is 17.5. The average molecular weight is 385 g/mol. The number of hydrogen-bond acceptors (Lipinski definition) is 4. The van der Waals surface area contributed by atoms with Gasteiger partial charge in [-0.15, -0.1) is 0 Å². The van der Waals surface area contributed by atoms with Crippen LogP contribution < -0.4 is 4.74 Å². The molecule has 5 rings (SSSR count). The van der Waals surface area contributed by atoms with Crippen LogP contribution in [-0.4, -0.2) is 79.0 Å². The van der Waals surface area contributed by atoms with Crippen molar-refractivity contribution in [3.8, 4) is 5.75 Å². The lowest BCUT2D eigenvalue weighted by Crippen LogP contribution is -2.44. The van der Waals surface area contributed by atoms with Gasteiger partial charge in [0, 0.05) is 62.9 Å². The Balaban J connectivity index is 1.51. The summed E-state index contributed by atoms with van der Waals surface area (Å²) < 4.78 is 5.39. The second-order valence-corrected chi connectivity index (χ2v) is 8.65. The highest BCUT2D eigenvalue weighted by Gasteiger charge is 2.35. The highest BCUT2D eigenvalue weighted by atomic mass is 16.5. The van der Waals surface area contributed by atoms with E-state index in [2.05, 4.69) is 33.8 Å². The summed E-state index contributed by atoms with van der Waals surface area (Å²) in [4.78, 5) is 22.5. The number of carbonyl (C=O) groups is 1. The number of aromatic nitrogens is 1. The molecule has 0 saturated carbocycles. The zero-order chi connectivity index (χ0) is 19.8. The summed E-state index contributed by atoms with van der Waals surface area (Å²) >= 11 is 0. The molecule has 2 aromatic rings. The number of nitrogens with one attached hydrogen (secondary N) is 1. The Kier molecular flexibility index (Phi) is 5.34. The van der Waals surface area contributed by atoms with Crippen molar-refractivity contribution in [1.82, 2.24) is 19.7 Å². The highest BCUT2D eigenvalue weighted by molar-refractivity contribution is 5.85. The van der Waals surface area contributed by atoms with Crippen molar-refractivity contribution in [2.75, 3.05) is 47.4 Å². The van der Waals surface area contributed by atoms with Crippen LogP contribution in [0.15, 0.2) is 18.2 Å². The van der Waals surface area contributed by atoms with E-state index in [-0.39, 0.29) is 5.91 Å². The second kappa shape index (κ2) is 7.76. The van der Waals surface area contributed by atoms with Gasteiger partial charge in [0.15, 0.2) is 0 Å². The predicted octanol–water partition coefficient (Wildman–Crippen LogP) is 2.47. The molecule has 3 fully saturated rings. The van der Waals surface area contributed by atoms with E-state index in [1.54, 1.807) is 12.0 Å². The number of fused-ring (bicyclic) bond motifs is 5. The van der Waals surface area contributed by atoms with Crippen LogP contribution in [0.25, 0.3) is 10.9 Å². The van der Waals surface area contributed by atoms with Gasteiger partial charge in [-0.2, -0.15) is 0 Å². The third-order valence-corrected chi connectivity index (χ3v) is 6.49. The molecule has 152 valence electrons. The number of nitrogens with zero attached hydrogens (tertiary/aromatic N) is 3. The fraction of sp³-hybridized carbons (Fsp3) is 0.591. The monoisotopic (exact) mass is 384 g/mol. The van der Waals surface area contributed by atoms with E-state index in [9.17, 15) is 4.79 Å². The molecule has 1 amide bonds. The Bertz CT molecular complexity index is 860. The number of amides is 1. The SMILES string of the molecule is COc1ccc2[nH]c(CN3C[C@@H]4CC[C@H]3CN(CC(=O)N(C)C)C4)c(C)c2c1. The number of likely N-dealkylation sites (N-methyl/N-ethyl adjacent to an activating group) is 1. The third kappa shape index (κ3) is 3.76. The van der Waals surface area contributed by atoms with Gasteiger partial charge >= 0.3 is 0 Å². The van der Waals surface area contributed by atoms with Gasteiger partial charge in [0.25, 0.3) is 0 Å². The molecule has 2 bridgehead atoms. The van der Waals surface area contributed by atoms with Crippen molar-refractivity contribution in [3.05, 3.63) is 29.5 Å². The summed E-state index contributed by atoms with van der Waals surface area (Å²) in [6.07, 6.45) is 2.50. The molecule has 3 saturated heterocycles. The lowest BCUT2D eigenvalue weighted by atomic mass is 9.94. The van der Waals surface area contributed by atoms with Gasteiger partial charge < -0.3 is 14.6 Å². The quantitative estimate of drug-likeness (QED) is 0.861. The molecule has 1 aromatic carbocycles. The smallest absolute Gasteiger partial charge is 0.236 e. The first-order valence-electron chi connectivity index (χ1n) is 10.3. The van der Waals surface area contributed by atoms with E-state index in [1.165, 1.54) is 35.0 Å². The largest absolute Gasteiger partial charge is 0.497 e. The van der Waals surface area contributed by atoms with Crippen LogP contribution in [0, 0.1) is 12.8 Å². The van der Waals surface area contributed by atoms with Crippen molar-refractivity contribution in [3.63, 3.8) is 0 Å². The molecular formula is C22H32N4O2. The van der Waals surface area contributed by atoms with Crippen LogP contribution in [0.4, 0.5) is 0 Å². The molecule has 4 heterocycles. The number of carbonyl (C=O) groups excluding carboxylic acids is 1. The van der Waals surface area contributed by atoms with Gasteiger partial charge in [-0.1, -0.05) is 0 Å². The fourth-order valence-corrected chi connectivity index (χ4v) is 4.78. The summed E-state index contributed by atoms with van der Waals surface area (Å²) in [6, 6.07) is 6.76. The number of hydrogen-bond donors (Lipinski definition) is 1. The van der Waals surface area contributed by atoms with Crippen molar-refractivity contribution < 1.29 is 9.53 Å². The summed E-state index contributed by atoms with van der Waals surface area (Å²) in [6.45, 7) is 6.83. The third-order valence-electron chi connectivity index (χ3n) is 6.49. The minimum absolute atomic E-state index is 0.202. The van der Waals surface area contributed by atoms with Gasteiger partial charge in [0.2, 0.25) is 5.91 Å². The number of H-pyrrole nitrogens is 1. The molecule has 0 aliphatic carbocycles. The first-order valence-corrected chi connectivity index (χ1v) is 10.3. The number of rotatable bonds is 5. The van der Waals surface area contributed by atoms with E-state index in [1.807, 2.05) is 20.2 Å². The highest BCUT2D eigenvalue weighted by Crippen LogP contribution is 2.31. The molecule has 6 heteroatoms. The normalized spacial score (nSPS) is 23.1. The number of ether oxygens (including phenoxy) is 1. The number of piperidine rings is 1. The minimum atomic E-state index is 0.202. The number of methoxy groups -OCH3 is 1. The molecular weight excluding hydrogens is 352 g/mol. The van der Waals surface area contributed by atoms with E-state index in [0.29, 0.717) is 18.5 Å². The molecule has 0 spiro atoms. The lowest BCUT2D eigenvalue weighted by molar-refractivity contribution is -0.130. The molecule has 1 N–H and O–H groups in total. The van der Waals surface area contributed by atoms with Gasteiger partial charge in [-0.25, -0.2) is 0 Å². The van der Waals surface area contributed by atoms with E-state index < -0.39 is 0 Å². The Hall–Kier alpha value is -2.05. The van der Waals surface area contributed by atoms with Gasteiger partial charge in [0.1, 0.15) is 5.75 Å². The zero-order valence-electron chi connectivity index (χ0n) is 17.5. The molecule has 3 aliphatic rings. The molecule has 1 aromatic heterocycles. The number of benzene rings is 1. The molecule has 3 aliphatic heterocycles. The molecule has 0 unspecified atom stereocenters. The predicted molar refractivity (Wildman–Crippen MR) is 112 cm³/mol. The van der Waals surface area contributed by atoms with Crippen molar-refractivity contribution in [1.29, 1.82) is 0 Å². The summed E-state index contributed by atoms with van der Waals surface area (Å²) in [7, 11) is 5.40. The standard InChI is InChI=1S/C22H32N4O2/c1-15-19-9-18(28-4)7-8-20(19)23-21(15)13-26-11-16-5-6-17(26)12-25(10-16)14-22(27)24(2)3/h7-9,16-17,23H,5-6,10-14H2,1-4H3/t16-,17+/m1/s1. The number of aromatic amines is 1.